The number of para-hydroxylation sites is 1. The molecule has 1 amide bonds. The van der Waals surface area contributed by atoms with E-state index >= 15 is 0 Å². The molecule has 0 fully saturated rings. The van der Waals surface area contributed by atoms with Crippen molar-refractivity contribution in [1.29, 1.82) is 0 Å². The van der Waals surface area contributed by atoms with Crippen molar-refractivity contribution in [3.05, 3.63) is 90.0 Å². The summed E-state index contributed by atoms with van der Waals surface area (Å²) in [5.74, 6) is -0.707. The molecule has 0 spiro atoms. The molecule has 0 radical (unpaired) electrons. The van der Waals surface area contributed by atoms with E-state index in [9.17, 15) is 19.2 Å². The molecule has 34 heavy (non-hydrogen) atoms. The number of hydrogen-bond acceptors (Lipinski definition) is 6. The van der Waals surface area contributed by atoms with Gasteiger partial charge in [0.05, 0.1) is 18.7 Å². The van der Waals surface area contributed by atoms with Crippen LogP contribution in [0.15, 0.2) is 88.8 Å². The monoisotopic (exact) mass is 476 g/mol. The van der Waals surface area contributed by atoms with Gasteiger partial charge in [-0.1, -0.05) is 42.5 Å². The van der Waals surface area contributed by atoms with E-state index in [1.54, 1.807) is 72.8 Å². The van der Waals surface area contributed by atoms with Crippen molar-refractivity contribution in [3.8, 4) is 0 Å². The highest BCUT2D eigenvalue weighted by Gasteiger charge is 2.31. The van der Waals surface area contributed by atoms with E-state index in [4.69, 9.17) is 0 Å². The van der Waals surface area contributed by atoms with Gasteiger partial charge in [0.25, 0.3) is 5.91 Å². The van der Waals surface area contributed by atoms with Crippen molar-refractivity contribution < 1.29 is 19.2 Å². The number of aliphatic imine (C=N–C) groups is 1. The zero-order chi connectivity index (χ0) is 23.9. The van der Waals surface area contributed by atoms with Crippen LogP contribution in [0.5, 0.6) is 0 Å². The number of amides is 1. The number of hydrogen-bond donors (Lipinski definition) is 4. The van der Waals surface area contributed by atoms with E-state index < -0.39 is 22.4 Å². The third kappa shape index (κ3) is 5.75. The average Bonchev–Trinajstić information content (AvgIpc) is 3.36. The second-order valence-corrected chi connectivity index (χ2v) is 9.21. The van der Waals surface area contributed by atoms with Crippen molar-refractivity contribution in [2.24, 2.45) is 4.99 Å². The first-order valence-electron chi connectivity index (χ1n) is 10.7. The van der Waals surface area contributed by atoms with E-state index in [0.717, 1.165) is 18.8 Å². The van der Waals surface area contributed by atoms with Crippen molar-refractivity contribution in [2.75, 3.05) is 23.7 Å². The minimum Gasteiger partial charge on any atom is -0.611 e. The van der Waals surface area contributed by atoms with Crippen LogP contribution in [0.1, 0.15) is 27.6 Å². The summed E-state index contributed by atoms with van der Waals surface area (Å²) in [6.45, 7) is 1.52. The van der Waals surface area contributed by atoms with Gasteiger partial charge in [-0.05, 0) is 47.6 Å². The number of anilines is 2. The maximum atomic E-state index is 13.5. The molecule has 4 N–H and O–H groups in total. The van der Waals surface area contributed by atoms with Crippen LogP contribution in [0.25, 0.3) is 0 Å². The number of carbonyl (C=O) groups is 2. The smallest absolute Gasteiger partial charge is 0.308 e. The van der Waals surface area contributed by atoms with Gasteiger partial charge >= 0.3 is 5.97 Å². The Morgan fingerprint density at radius 3 is 2.41 bits per heavy atom. The third-order valence-electron chi connectivity index (χ3n) is 5.23. The Morgan fingerprint density at radius 1 is 1.03 bits per heavy atom. The highest BCUT2D eigenvalue weighted by atomic mass is 32.2. The summed E-state index contributed by atoms with van der Waals surface area (Å²) >= 11 is -1.71. The predicted octanol–water partition coefficient (Wildman–Crippen LogP) is 3.63. The molecular weight excluding hydrogens is 452 g/mol. The van der Waals surface area contributed by atoms with E-state index in [1.165, 1.54) is 0 Å². The lowest BCUT2D eigenvalue weighted by molar-refractivity contribution is -0.137. The predicted molar refractivity (Wildman–Crippen MR) is 133 cm³/mol. The molecule has 8 nitrogen and oxygen atoms in total. The van der Waals surface area contributed by atoms with Gasteiger partial charge in [0.15, 0.2) is 16.1 Å². The molecular formula is C25H24N4O4S. The van der Waals surface area contributed by atoms with Gasteiger partial charge in [0.1, 0.15) is 0 Å². The molecule has 1 unspecified atom stereocenters. The fourth-order valence-electron chi connectivity index (χ4n) is 3.56. The first-order chi connectivity index (χ1) is 16.5. The SMILES string of the molecule is O=C(O)C[C@@H](c1ccccc1)[S+]([O-])c1ccccc1NC(=O)c1ccc(NC2=NCCN2)cc1. The molecule has 0 saturated heterocycles. The number of nitrogens with zero attached hydrogens (tertiary/aromatic N) is 1. The van der Waals surface area contributed by atoms with Crippen LogP contribution in [0.3, 0.4) is 0 Å². The molecule has 3 aromatic carbocycles. The normalized spacial score (nSPS) is 14.4. The second-order valence-electron chi connectivity index (χ2n) is 7.60. The second kappa shape index (κ2) is 10.9. The number of carboxylic acids is 1. The van der Waals surface area contributed by atoms with E-state index in [-0.39, 0.29) is 12.3 Å². The zero-order valence-corrected chi connectivity index (χ0v) is 19.0. The van der Waals surface area contributed by atoms with E-state index in [2.05, 4.69) is 20.9 Å². The van der Waals surface area contributed by atoms with Crippen molar-refractivity contribution in [1.82, 2.24) is 5.32 Å². The maximum absolute atomic E-state index is 13.5. The number of aliphatic carboxylic acids is 1. The number of carbonyl (C=O) groups excluding carboxylic acids is 1. The highest BCUT2D eigenvalue weighted by Crippen LogP contribution is 2.35. The van der Waals surface area contributed by atoms with Crippen LogP contribution < -0.4 is 16.0 Å². The van der Waals surface area contributed by atoms with Crippen molar-refractivity contribution in [3.63, 3.8) is 0 Å². The lowest BCUT2D eigenvalue weighted by atomic mass is 10.1. The molecule has 0 saturated carbocycles. The quantitative estimate of drug-likeness (QED) is 0.368. The average molecular weight is 477 g/mol. The van der Waals surface area contributed by atoms with Crippen molar-refractivity contribution >= 4 is 40.4 Å². The zero-order valence-electron chi connectivity index (χ0n) is 18.2. The molecule has 1 heterocycles. The number of carboxylic acid groups (broad SMARTS) is 1. The molecule has 0 bridgehead atoms. The largest absolute Gasteiger partial charge is 0.611 e. The molecule has 0 aromatic heterocycles. The minimum absolute atomic E-state index is 0.298. The Bertz CT molecular complexity index is 1190. The summed E-state index contributed by atoms with van der Waals surface area (Å²) in [5.41, 5.74) is 2.26. The molecule has 3 aromatic rings. The molecule has 4 rings (SSSR count). The third-order valence-corrected chi connectivity index (χ3v) is 6.97. The van der Waals surface area contributed by atoms with Crippen molar-refractivity contribution in [2.45, 2.75) is 16.6 Å². The lowest BCUT2D eigenvalue weighted by Crippen LogP contribution is -2.26. The maximum Gasteiger partial charge on any atom is 0.308 e. The standard InChI is InChI=1S/C25H24N4O4S/c30-23(31)16-22(17-6-2-1-3-7-17)34(33)21-9-5-4-8-20(21)29-24(32)18-10-12-19(13-11-18)28-25-26-14-15-27-25/h1-13,22H,14-16H2,(H,29,32)(H,30,31)(H2,26,27,28)/t22-,34?/m0/s1. The Labute approximate surface area is 200 Å². The fourth-order valence-corrected chi connectivity index (χ4v) is 5.11. The first-order valence-corrected chi connectivity index (χ1v) is 12.0. The molecule has 174 valence electrons. The Hall–Kier alpha value is -3.82. The van der Waals surface area contributed by atoms with Gasteiger partial charge in [-0.3, -0.25) is 14.6 Å². The Balaban J connectivity index is 1.52. The van der Waals surface area contributed by atoms with E-state index in [0.29, 0.717) is 27.7 Å². The van der Waals surface area contributed by atoms with Crippen LogP contribution in [-0.2, 0) is 16.0 Å². The Morgan fingerprint density at radius 2 is 1.74 bits per heavy atom. The van der Waals surface area contributed by atoms with Crippen LogP contribution in [0, 0.1) is 0 Å². The van der Waals surface area contributed by atoms with Gasteiger partial charge in [-0.2, -0.15) is 0 Å². The number of nitrogens with one attached hydrogen (secondary N) is 3. The van der Waals surface area contributed by atoms with Crippen LogP contribution in [0.4, 0.5) is 11.4 Å². The first kappa shape index (κ1) is 23.3. The van der Waals surface area contributed by atoms with Gasteiger partial charge in [-0.25, -0.2) is 0 Å². The molecule has 0 aliphatic carbocycles. The van der Waals surface area contributed by atoms with Gasteiger partial charge in [-0.15, -0.1) is 0 Å². The van der Waals surface area contributed by atoms with Gasteiger partial charge < -0.3 is 25.6 Å². The topological polar surface area (TPSA) is 126 Å². The summed E-state index contributed by atoms with van der Waals surface area (Å²) in [5, 5.41) is 17.7. The molecule has 2 atom stereocenters. The molecule has 1 aliphatic rings. The summed E-state index contributed by atoms with van der Waals surface area (Å²) in [6.07, 6.45) is -0.298. The number of benzene rings is 3. The summed E-state index contributed by atoms with van der Waals surface area (Å²) < 4.78 is 13.5. The van der Waals surface area contributed by atoms with E-state index in [1.807, 2.05) is 6.07 Å². The lowest BCUT2D eigenvalue weighted by Gasteiger charge is -2.22. The van der Waals surface area contributed by atoms with Gasteiger partial charge in [0.2, 0.25) is 0 Å². The molecule has 1 aliphatic heterocycles. The fraction of sp³-hybridized carbons (Fsp3) is 0.160. The summed E-state index contributed by atoms with van der Waals surface area (Å²) in [4.78, 5) is 29.0. The van der Waals surface area contributed by atoms with Crippen LogP contribution >= 0.6 is 0 Å². The number of guanidine groups is 1. The number of rotatable bonds is 8. The van der Waals surface area contributed by atoms with Crippen LogP contribution in [-0.4, -0.2) is 40.6 Å². The highest BCUT2D eigenvalue weighted by molar-refractivity contribution is 7.91. The summed E-state index contributed by atoms with van der Waals surface area (Å²) in [7, 11) is 0. The molecule has 9 heteroatoms. The van der Waals surface area contributed by atoms with Gasteiger partial charge in [0, 0.05) is 23.4 Å². The summed E-state index contributed by atoms with van der Waals surface area (Å²) in [6, 6.07) is 22.6. The van der Waals surface area contributed by atoms with Crippen LogP contribution in [0.2, 0.25) is 0 Å². The Kier molecular flexibility index (Phi) is 7.46. The minimum atomic E-state index is -1.71.